The first-order chi connectivity index (χ1) is 8.05. The summed E-state index contributed by atoms with van der Waals surface area (Å²) in [6.45, 7) is 2.11. The number of hydrogen-bond acceptors (Lipinski definition) is 1. The Kier molecular flexibility index (Phi) is 3.74. The molecule has 2 rings (SSSR count). The Hall–Kier alpha value is -0.600. The number of benzene rings is 1. The molecule has 1 aliphatic rings. The first-order valence-corrected chi connectivity index (χ1v) is 6.59. The first-order valence-electron chi connectivity index (χ1n) is 6.21. The van der Waals surface area contributed by atoms with Crippen LogP contribution in [0.3, 0.4) is 0 Å². The van der Waals surface area contributed by atoms with Crippen molar-refractivity contribution in [2.24, 2.45) is 5.92 Å². The molecular weight excluding hydrogens is 239 g/mol. The highest BCUT2D eigenvalue weighted by molar-refractivity contribution is 6.30. The second-order valence-electron chi connectivity index (χ2n) is 5.03. The fourth-order valence-corrected chi connectivity index (χ4v) is 3.15. The highest BCUT2D eigenvalue weighted by atomic mass is 35.5. The van der Waals surface area contributed by atoms with E-state index in [1.54, 1.807) is 12.1 Å². The topological polar surface area (TPSA) is 20.2 Å². The van der Waals surface area contributed by atoms with Crippen molar-refractivity contribution in [1.29, 1.82) is 0 Å². The number of hydrogen-bond donors (Lipinski definition) is 1. The van der Waals surface area contributed by atoms with E-state index >= 15 is 0 Å². The summed E-state index contributed by atoms with van der Waals surface area (Å²) in [5.41, 5.74) is 0.287. The largest absolute Gasteiger partial charge is 0.389 e. The molecule has 0 aromatic heterocycles. The molecule has 94 valence electrons. The molecule has 1 N–H and O–H groups in total. The van der Waals surface area contributed by atoms with Gasteiger partial charge in [-0.1, -0.05) is 37.4 Å². The molecule has 17 heavy (non-hydrogen) atoms. The van der Waals surface area contributed by atoms with Crippen LogP contribution in [-0.4, -0.2) is 10.7 Å². The van der Waals surface area contributed by atoms with Crippen LogP contribution in [0.5, 0.6) is 0 Å². The fourth-order valence-electron chi connectivity index (χ4n) is 2.95. The minimum atomic E-state index is -0.629. The molecule has 1 aromatic rings. The van der Waals surface area contributed by atoms with Gasteiger partial charge in [-0.25, -0.2) is 4.39 Å². The zero-order chi connectivity index (χ0) is 12.5. The monoisotopic (exact) mass is 256 g/mol. The molecular formula is C14H18ClFO. The van der Waals surface area contributed by atoms with Crippen LogP contribution in [0.4, 0.5) is 4.39 Å². The maximum Gasteiger partial charge on any atom is 0.141 e. The molecule has 1 nitrogen and oxygen atoms in total. The van der Waals surface area contributed by atoms with Crippen LogP contribution in [0, 0.1) is 11.7 Å². The highest BCUT2D eigenvalue weighted by Crippen LogP contribution is 2.40. The van der Waals surface area contributed by atoms with E-state index in [0.717, 1.165) is 31.2 Å². The first kappa shape index (κ1) is 12.8. The Labute approximate surface area is 107 Å². The quantitative estimate of drug-likeness (QED) is 0.868. The molecule has 1 saturated carbocycles. The van der Waals surface area contributed by atoms with Gasteiger partial charge in [0.25, 0.3) is 0 Å². The van der Waals surface area contributed by atoms with Gasteiger partial charge in [-0.2, -0.15) is 0 Å². The van der Waals surface area contributed by atoms with Crippen molar-refractivity contribution in [1.82, 2.24) is 0 Å². The summed E-state index contributed by atoms with van der Waals surface area (Å²) in [5, 5.41) is 10.8. The van der Waals surface area contributed by atoms with E-state index in [1.807, 2.05) is 0 Å². The third-order valence-corrected chi connectivity index (χ3v) is 4.20. The second kappa shape index (κ2) is 4.95. The van der Waals surface area contributed by atoms with Gasteiger partial charge in [-0.15, -0.1) is 0 Å². The van der Waals surface area contributed by atoms with Gasteiger partial charge in [0, 0.05) is 6.42 Å². The van der Waals surface area contributed by atoms with Crippen LogP contribution in [0.25, 0.3) is 0 Å². The maximum atomic E-state index is 13.1. The fraction of sp³-hybridized carbons (Fsp3) is 0.571. The molecule has 0 saturated heterocycles. The summed E-state index contributed by atoms with van der Waals surface area (Å²) >= 11 is 5.76. The molecule has 0 spiro atoms. The summed E-state index contributed by atoms with van der Waals surface area (Å²) in [6, 6.07) is 4.71. The Morgan fingerprint density at radius 1 is 1.53 bits per heavy atom. The Morgan fingerprint density at radius 3 is 2.94 bits per heavy atom. The Balaban J connectivity index is 2.16. The molecule has 0 bridgehead atoms. The minimum absolute atomic E-state index is 0.136. The van der Waals surface area contributed by atoms with Crippen molar-refractivity contribution in [3.05, 3.63) is 34.6 Å². The summed E-state index contributed by atoms with van der Waals surface area (Å²) < 4.78 is 13.1. The molecule has 2 atom stereocenters. The van der Waals surface area contributed by atoms with E-state index in [2.05, 4.69) is 6.92 Å². The predicted octanol–water partition coefficient (Wildman–Crippen LogP) is 3.96. The van der Waals surface area contributed by atoms with Crippen molar-refractivity contribution < 1.29 is 9.50 Å². The Bertz CT molecular complexity index is 407. The lowest BCUT2D eigenvalue weighted by molar-refractivity contribution is 0.00146. The summed E-state index contributed by atoms with van der Waals surface area (Å²) in [4.78, 5) is 0. The van der Waals surface area contributed by atoms with Crippen LogP contribution in [0.1, 0.15) is 38.2 Å². The molecule has 0 aliphatic heterocycles. The van der Waals surface area contributed by atoms with Gasteiger partial charge in [0.1, 0.15) is 5.82 Å². The van der Waals surface area contributed by atoms with Gasteiger partial charge in [-0.05, 0) is 36.5 Å². The van der Waals surface area contributed by atoms with Crippen LogP contribution in [0.15, 0.2) is 18.2 Å². The molecule has 1 aliphatic carbocycles. The van der Waals surface area contributed by atoms with E-state index in [-0.39, 0.29) is 5.02 Å². The Morgan fingerprint density at radius 2 is 2.29 bits per heavy atom. The number of rotatable bonds is 3. The lowest BCUT2D eigenvalue weighted by Gasteiger charge is -2.29. The van der Waals surface area contributed by atoms with Crippen molar-refractivity contribution in [3.8, 4) is 0 Å². The molecule has 3 heteroatoms. The zero-order valence-corrected chi connectivity index (χ0v) is 10.8. The average Bonchev–Trinajstić information content (AvgIpc) is 2.65. The number of halogens is 2. The second-order valence-corrected chi connectivity index (χ2v) is 5.43. The lowest BCUT2D eigenvalue weighted by Crippen LogP contribution is -2.35. The molecule has 0 heterocycles. The zero-order valence-electron chi connectivity index (χ0n) is 10.0. The van der Waals surface area contributed by atoms with Gasteiger partial charge in [0.2, 0.25) is 0 Å². The van der Waals surface area contributed by atoms with E-state index in [9.17, 15) is 9.50 Å². The van der Waals surface area contributed by atoms with Gasteiger partial charge in [0.05, 0.1) is 10.6 Å². The lowest BCUT2D eigenvalue weighted by atomic mass is 9.83. The summed E-state index contributed by atoms with van der Waals surface area (Å²) in [7, 11) is 0. The van der Waals surface area contributed by atoms with E-state index in [1.165, 1.54) is 6.07 Å². The molecule has 0 radical (unpaired) electrons. The average molecular weight is 257 g/mol. The van der Waals surface area contributed by atoms with Gasteiger partial charge < -0.3 is 5.11 Å². The van der Waals surface area contributed by atoms with E-state index < -0.39 is 11.4 Å². The van der Waals surface area contributed by atoms with Crippen molar-refractivity contribution in [2.45, 2.75) is 44.6 Å². The van der Waals surface area contributed by atoms with Crippen LogP contribution in [-0.2, 0) is 6.42 Å². The third kappa shape index (κ3) is 2.63. The predicted molar refractivity (Wildman–Crippen MR) is 67.7 cm³/mol. The standard InChI is InChI=1S/C14H18ClFO/c1-2-11-4-3-7-14(11,17)9-10-5-6-13(16)12(15)8-10/h5-6,8,11,17H,2-4,7,9H2,1H3. The highest BCUT2D eigenvalue weighted by Gasteiger charge is 2.39. The molecule has 1 fully saturated rings. The maximum absolute atomic E-state index is 13.1. The molecule has 0 amide bonds. The van der Waals surface area contributed by atoms with Crippen molar-refractivity contribution in [2.75, 3.05) is 0 Å². The van der Waals surface area contributed by atoms with Crippen LogP contribution in [0.2, 0.25) is 5.02 Å². The van der Waals surface area contributed by atoms with Gasteiger partial charge >= 0.3 is 0 Å². The van der Waals surface area contributed by atoms with Crippen LogP contribution >= 0.6 is 11.6 Å². The smallest absolute Gasteiger partial charge is 0.141 e. The van der Waals surface area contributed by atoms with Crippen LogP contribution < -0.4 is 0 Å². The SMILES string of the molecule is CCC1CCCC1(O)Cc1ccc(F)c(Cl)c1. The summed E-state index contributed by atoms with van der Waals surface area (Å²) in [5.74, 6) is -0.0489. The van der Waals surface area contributed by atoms with Crippen molar-refractivity contribution >= 4 is 11.6 Å². The minimum Gasteiger partial charge on any atom is -0.389 e. The molecule has 1 aromatic carbocycles. The normalized spacial score (nSPS) is 28.6. The molecule has 2 unspecified atom stereocenters. The number of aliphatic hydroxyl groups is 1. The third-order valence-electron chi connectivity index (χ3n) is 3.91. The van der Waals surface area contributed by atoms with E-state index in [0.29, 0.717) is 12.3 Å². The van der Waals surface area contributed by atoms with Crippen molar-refractivity contribution in [3.63, 3.8) is 0 Å². The summed E-state index contributed by atoms with van der Waals surface area (Å²) in [6.07, 6.45) is 4.56. The van der Waals surface area contributed by atoms with Gasteiger partial charge in [0.15, 0.2) is 0 Å². The van der Waals surface area contributed by atoms with E-state index in [4.69, 9.17) is 11.6 Å². The van der Waals surface area contributed by atoms with Gasteiger partial charge in [-0.3, -0.25) is 0 Å².